The van der Waals surface area contributed by atoms with E-state index in [1.807, 2.05) is 0 Å². The average Bonchev–Trinajstić information content (AvgIpc) is 3.30. The largest absolute Gasteiger partial charge is 0.472 e. The van der Waals surface area contributed by atoms with Crippen molar-refractivity contribution < 1.29 is 47.8 Å². The Morgan fingerprint density at radius 2 is 0.846 bits per heavy atom. The molecule has 0 aromatic heterocycles. The summed E-state index contributed by atoms with van der Waals surface area (Å²) >= 11 is 0. The molecule has 0 aromatic carbocycles. The fourth-order valence-corrected chi connectivity index (χ4v) is 7.99. The predicted octanol–water partition coefficient (Wildman–Crippen LogP) is 15.0. The number of unbranched alkanes of at least 4 members (excludes halogenated alkanes) is 25. The maximum Gasteiger partial charge on any atom is 0.472 e. The molecule has 0 amide bonds. The third kappa shape index (κ3) is 49.4. The highest BCUT2D eigenvalue weighted by Crippen LogP contribution is 2.43. The van der Waals surface area contributed by atoms with E-state index in [4.69, 9.17) is 23.6 Å². The van der Waals surface area contributed by atoms with E-state index in [0.717, 1.165) is 70.6 Å². The van der Waals surface area contributed by atoms with Crippen LogP contribution in [-0.4, -0.2) is 65.7 Å². The highest BCUT2D eigenvalue weighted by atomic mass is 31.2. The van der Waals surface area contributed by atoms with Crippen LogP contribution in [0.5, 0.6) is 0 Å². The minimum absolute atomic E-state index is 0.144. The first-order valence-corrected chi connectivity index (χ1v) is 27.7. The molecule has 0 saturated carbocycles. The third-order valence-electron chi connectivity index (χ3n) is 11.2. The number of aliphatic hydroxyl groups excluding tert-OH is 2. The molecule has 0 heterocycles. The molecule has 0 fully saturated rings. The molecule has 0 bridgehead atoms. The smallest absolute Gasteiger partial charge is 0.462 e. The molecule has 0 aliphatic carbocycles. The van der Waals surface area contributed by atoms with E-state index >= 15 is 0 Å². The normalized spacial score (nSPS) is 14.1. The van der Waals surface area contributed by atoms with Crippen LogP contribution in [0.25, 0.3) is 0 Å². The third-order valence-corrected chi connectivity index (χ3v) is 12.1. The number of aliphatic hydroxyl groups is 2. The van der Waals surface area contributed by atoms with Crippen LogP contribution in [0, 0.1) is 0 Å². The molecule has 378 valence electrons. The van der Waals surface area contributed by atoms with Crippen molar-refractivity contribution in [2.45, 2.75) is 244 Å². The van der Waals surface area contributed by atoms with Crippen LogP contribution in [0.1, 0.15) is 232 Å². The summed E-state index contributed by atoms with van der Waals surface area (Å²) < 4.78 is 32.9. The Hall–Kier alpha value is -2.33. The number of rotatable bonds is 49. The molecule has 11 heteroatoms. The fourth-order valence-electron chi connectivity index (χ4n) is 7.20. The molecule has 0 spiro atoms. The monoisotopic (exact) mass is 937 g/mol. The molecule has 3 unspecified atom stereocenters. The highest BCUT2D eigenvalue weighted by Gasteiger charge is 2.27. The first-order chi connectivity index (χ1) is 31.7. The summed E-state index contributed by atoms with van der Waals surface area (Å²) in [5, 5.41) is 18.4. The number of carbonyl (C=O) groups is 2. The van der Waals surface area contributed by atoms with Crippen molar-refractivity contribution in [1.29, 1.82) is 0 Å². The van der Waals surface area contributed by atoms with Gasteiger partial charge in [0, 0.05) is 12.8 Å². The molecule has 3 N–H and O–H groups in total. The van der Waals surface area contributed by atoms with Gasteiger partial charge in [0.05, 0.1) is 19.8 Å². The molecule has 0 radical (unpaired) electrons. The van der Waals surface area contributed by atoms with Gasteiger partial charge in [-0.15, -0.1) is 0 Å². The lowest BCUT2D eigenvalue weighted by Crippen LogP contribution is -2.29. The van der Waals surface area contributed by atoms with Gasteiger partial charge in [0.15, 0.2) is 6.10 Å². The molecule has 0 aromatic rings. The van der Waals surface area contributed by atoms with Crippen molar-refractivity contribution in [2.24, 2.45) is 0 Å². The van der Waals surface area contributed by atoms with E-state index in [9.17, 15) is 24.2 Å². The highest BCUT2D eigenvalue weighted by molar-refractivity contribution is 7.47. The summed E-state index contributed by atoms with van der Waals surface area (Å²) in [6.45, 7) is 2.26. The minimum atomic E-state index is -4.64. The number of ether oxygens (including phenoxy) is 2. The maximum atomic E-state index is 12.7. The van der Waals surface area contributed by atoms with Crippen LogP contribution in [-0.2, 0) is 32.7 Å². The quantitative estimate of drug-likeness (QED) is 0.0233. The van der Waals surface area contributed by atoms with E-state index in [2.05, 4.69) is 74.6 Å². The summed E-state index contributed by atoms with van der Waals surface area (Å²) in [6.07, 6.45) is 57.7. The maximum absolute atomic E-state index is 12.7. The lowest BCUT2D eigenvalue weighted by Gasteiger charge is -2.20. The van der Waals surface area contributed by atoms with Crippen LogP contribution in [0.15, 0.2) is 60.8 Å². The second kappa shape index (κ2) is 49.6. The number of phosphoric ester groups is 1. The van der Waals surface area contributed by atoms with Crippen LogP contribution >= 0.6 is 7.82 Å². The lowest BCUT2D eigenvalue weighted by molar-refractivity contribution is -0.161. The van der Waals surface area contributed by atoms with Gasteiger partial charge in [-0.1, -0.05) is 222 Å². The predicted molar refractivity (Wildman–Crippen MR) is 270 cm³/mol. The van der Waals surface area contributed by atoms with E-state index in [1.165, 1.54) is 122 Å². The Kier molecular flexibility index (Phi) is 47.8. The van der Waals surface area contributed by atoms with E-state index < -0.39 is 51.8 Å². The topological polar surface area (TPSA) is 149 Å². The number of hydrogen-bond acceptors (Lipinski definition) is 9. The summed E-state index contributed by atoms with van der Waals surface area (Å²) in [5.41, 5.74) is 0. The van der Waals surface area contributed by atoms with Gasteiger partial charge in [-0.3, -0.25) is 18.6 Å². The van der Waals surface area contributed by atoms with Gasteiger partial charge >= 0.3 is 19.8 Å². The molecule has 0 aliphatic heterocycles. The first-order valence-electron chi connectivity index (χ1n) is 26.2. The van der Waals surface area contributed by atoms with Gasteiger partial charge in [0.1, 0.15) is 12.7 Å². The number of carbonyl (C=O) groups excluding carboxylic acids is 2. The fraction of sp³-hybridized carbons (Fsp3) is 0.778. The van der Waals surface area contributed by atoms with Crippen molar-refractivity contribution in [2.75, 3.05) is 26.4 Å². The van der Waals surface area contributed by atoms with Crippen LogP contribution in [0.3, 0.4) is 0 Å². The van der Waals surface area contributed by atoms with Gasteiger partial charge in [-0.25, -0.2) is 4.57 Å². The van der Waals surface area contributed by atoms with Gasteiger partial charge in [0.25, 0.3) is 0 Å². The van der Waals surface area contributed by atoms with Gasteiger partial charge in [-0.2, -0.15) is 0 Å². The Morgan fingerprint density at radius 1 is 0.477 bits per heavy atom. The van der Waals surface area contributed by atoms with Crippen molar-refractivity contribution in [3.8, 4) is 0 Å². The van der Waals surface area contributed by atoms with Crippen molar-refractivity contribution in [3.63, 3.8) is 0 Å². The standard InChI is InChI=1S/C54H97O10P/c1-3-5-7-9-11-13-15-17-19-21-23-24-25-26-28-29-31-33-35-37-39-41-43-45-53(57)61-49-52(50-63-65(59,60)62-48-51(56)47-55)64-54(58)46-44-42-40-38-36-34-32-30-27-22-20-18-16-14-12-10-8-6-4-2/h6,8,12,14,18,20,27,30,34,36,51-52,55-56H,3-5,7,9-11,13,15-17,19,21-26,28-29,31-33,35,37-50H2,1-2H3,(H,59,60)/b8-6-,14-12-,20-18-,30-27-,36-34-. The Balaban J connectivity index is 4.19. The summed E-state index contributed by atoms with van der Waals surface area (Å²) in [5.74, 6) is -0.956. The van der Waals surface area contributed by atoms with Crippen molar-refractivity contribution in [3.05, 3.63) is 60.8 Å². The van der Waals surface area contributed by atoms with Gasteiger partial charge < -0.3 is 24.6 Å². The molecule has 65 heavy (non-hydrogen) atoms. The first kappa shape index (κ1) is 62.7. The zero-order valence-corrected chi connectivity index (χ0v) is 42.3. The molecule has 0 rings (SSSR count). The van der Waals surface area contributed by atoms with Crippen LogP contribution < -0.4 is 0 Å². The van der Waals surface area contributed by atoms with Crippen LogP contribution in [0.4, 0.5) is 0 Å². The number of phosphoric acid groups is 1. The van der Waals surface area contributed by atoms with E-state index in [-0.39, 0.29) is 19.4 Å². The second-order valence-corrected chi connectivity index (χ2v) is 19.0. The Labute approximate surface area is 397 Å². The number of esters is 2. The van der Waals surface area contributed by atoms with E-state index in [1.54, 1.807) is 0 Å². The Morgan fingerprint density at radius 3 is 1.28 bits per heavy atom. The minimum Gasteiger partial charge on any atom is -0.462 e. The molecular weight excluding hydrogens is 840 g/mol. The molecule has 3 atom stereocenters. The van der Waals surface area contributed by atoms with Gasteiger partial charge in [0.2, 0.25) is 0 Å². The lowest BCUT2D eigenvalue weighted by atomic mass is 10.0. The average molecular weight is 937 g/mol. The van der Waals surface area contributed by atoms with Gasteiger partial charge in [-0.05, 0) is 57.8 Å². The number of hydrogen-bond donors (Lipinski definition) is 3. The second-order valence-electron chi connectivity index (χ2n) is 17.5. The van der Waals surface area contributed by atoms with Crippen molar-refractivity contribution >= 4 is 19.8 Å². The molecule has 0 saturated heterocycles. The van der Waals surface area contributed by atoms with Crippen molar-refractivity contribution in [1.82, 2.24) is 0 Å². The summed E-state index contributed by atoms with van der Waals surface area (Å²) in [7, 11) is -4.64. The van der Waals surface area contributed by atoms with E-state index in [0.29, 0.717) is 12.8 Å². The molecule has 0 aliphatic rings. The molecular formula is C54H97O10P. The summed E-state index contributed by atoms with van der Waals surface area (Å²) in [4.78, 5) is 35.2. The SMILES string of the molecule is CC/C=C\C/C=C\C/C=C\C/C=C\C/C=C\CCCCCC(=O)OC(COC(=O)CCCCCCCCCCCCCCCCCCCCCCCCC)COP(=O)(O)OCC(O)CO. The Bertz CT molecular complexity index is 1260. The number of allylic oxidation sites excluding steroid dienone is 10. The molecule has 10 nitrogen and oxygen atoms in total. The zero-order valence-electron chi connectivity index (χ0n) is 41.4. The summed E-state index contributed by atoms with van der Waals surface area (Å²) in [6, 6.07) is 0. The zero-order chi connectivity index (χ0) is 47.6. The van der Waals surface area contributed by atoms with Crippen LogP contribution in [0.2, 0.25) is 0 Å².